The molecule has 4 aromatic rings. The number of hydrogen-bond acceptors (Lipinski definition) is 4. The van der Waals surface area contributed by atoms with E-state index in [2.05, 4.69) is 38.9 Å². The van der Waals surface area contributed by atoms with Crippen molar-refractivity contribution in [2.24, 2.45) is 0 Å². The van der Waals surface area contributed by atoms with E-state index in [1.54, 1.807) is 22.7 Å². The van der Waals surface area contributed by atoms with Gasteiger partial charge in [0, 0.05) is 17.3 Å². The molecule has 0 aliphatic carbocycles. The molecule has 0 aliphatic heterocycles. The van der Waals surface area contributed by atoms with Crippen LogP contribution in [-0.2, 0) is 0 Å². The summed E-state index contributed by atoms with van der Waals surface area (Å²) in [6, 6.07) is 8.20. The Balaban J connectivity index is 1.95. The highest BCUT2D eigenvalue weighted by Crippen LogP contribution is 2.30. The monoisotopic (exact) mass is 271 g/mol. The number of nitrogens with zero attached hydrogens (tertiary/aromatic N) is 3. The van der Waals surface area contributed by atoms with Gasteiger partial charge in [0.25, 0.3) is 0 Å². The summed E-state index contributed by atoms with van der Waals surface area (Å²) >= 11 is 3.36. The number of rotatable bonds is 1. The Kier molecular flexibility index (Phi) is 2.06. The lowest BCUT2D eigenvalue weighted by Gasteiger charge is -1.86. The third-order valence-corrected chi connectivity index (χ3v) is 4.92. The van der Waals surface area contributed by atoms with Gasteiger partial charge in [0.1, 0.15) is 10.7 Å². The van der Waals surface area contributed by atoms with Crippen molar-refractivity contribution < 1.29 is 0 Å². The highest BCUT2D eigenvalue weighted by atomic mass is 32.1. The molecule has 0 fully saturated rings. The molecule has 1 aromatic carbocycles. The maximum absolute atomic E-state index is 4.63. The summed E-state index contributed by atoms with van der Waals surface area (Å²) in [7, 11) is 0. The van der Waals surface area contributed by atoms with Crippen LogP contribution in [0.25, 0.3) is 25.9 Å². The van der Waals surface area contributed by atoms with Crippen LogP contribution < -0.4 is 0 Å². The quantitative estimate of drug-likeness (QED) is 0.524. The molecular weight excluding hydrogens is 262 g/mol. The molecule has 0 radical (unpaired) electrons. The average Bonchev–Trinajstić information content (AvgIpc) is 3.04. The summed E-state index contributed by atoms with van der Waals surface area (Å²) in [5.41, 5.74) is 3.23. The number of aromatic nitrogens is 3. The molecule has 0 N–H and O–H groups in total. The van der Waals surface area contributed by atoms with E-state index in [0.29, 0.717) is 0 Å². The molecular formula is C13H9N3S2. The molecule has 0 spiro atoms. The molecule has 0 unspecified atom stereocenters. The largest absolute Gasteiger partial charge is 0.294 e. The Morgan fingerprint density at radius 3 is 2.89 bits per heavy atom. The third-order valence-electron chi connectivity index (χ3n) is 2.90. The van der Waals surface area contributed by atoms with Gasteiger partial charge in [-0.25, -0.2) is 9.97 Å². The SMILES string of the molecule is Cc1csc2nc(-c3nc4ccccc4s3)cn12. The van der Waals surface area contributed by atoms with Crippen LogP contribution >= 0.6 is 22.7 Å². The summed E-state index contributed by atoms with van der Waals surface area (Å²) in [5, 5.41) is 3.11. The minimum absolute atomic E-state index is 0.964. The van der Waals surface area contributed by atoms with Crippen LogP contribution in [0.1, 0.15) is 5.69 Å². The predicted molar refractivity (Wildman–Crippen MR) is 76.4 cm³/mol. The molecule has 5 heteroatoms. The topological polar surface area (TPSA) is 30.2 Å². The predicted octanol–water partition coefficient (Wildman–Crippen LogP) is 3.98. The first-order chi connectivity index (χ1) is 8.81. The highest BCUT2D eigenvalue weighted by molar-refractivity contribution is 7.21. The molecule has 0 saturated heterocycles. The zero-order chi connectivity index (χ0) is 12.1. The fraction of sp³-hybridized carbons (Fsp3) is 0.0769. The Morgan fingerprint density at radius 2 is 2.06 bits per heavy atom. The van der Waals surface area contributed by atoms with Crippen LogP contribution in [-0.4, -0.2) is 14.4 Å². The first kappa shape index (κ1) is 10.2. The lowest BCUT2D eigenvalue weighted by atomic mass is 10.3. The van der Waals surface area contributed by atoms with Crippen LogP contribution in [0.2, 0.25) is 0 Å². The van der Waals surface area contributed by atoms with Crippen molar-refractivity contribution in [3.63, 3.8) is 0 Å². The van der Waals surface area contributed by atoms with Gasteiger partial charge >= 0.3 is 0 Å². The van der Waals surface area contributed by atoms with E-state index in [-0.39, 0.29) is 0 Å². The molecule has 4 rings (SSSR count). The second-order valence-electron chi connectivity index (χ2n) is 4.14. The van der Waals surface area contributed by atoms with Crippen LogP contribution in [0.15, 0.2) is 35.8 Å². The lowest BCUT2D eigenvalue weighted by Crippen LogP contribution is -1.78. The van der Waals surface area contributed by atoms with Crippen molar-refractivity contribution in [1.29, 1.82) is 0 Å². The molecule has 0 saturated carbocycles. The number of aryl methyl sites for hydroxylation is 1. The molecule has 88 valence electrons. The molecule has 0 amide bonds. The van der Waals surface area contributed by atoms with Crippen molar-refractivity contribution in [2.75, 3.05) is 0 Å². The van der Waals surface area contributed by atoms with E-state index < -0.39 is 0 Å². The van der Waals surface area contributed by atoms with Gasteiger partial charge in [-0.1, -0.05) is 12.1 Å². The maximum atomic E-state index is 4.63. The van der Waals surface area contributed by atoms with Gasteiger partial charge in [-0.3, -0.25) is 4.40 Å². The van der Waals surface area contributed by atoms with Gasteiger partial charge in [0.05, 0.1) is 10.2 Å². The van der Waals surface area contributed by atoms with Gasteiger partial charge < -0.3 is 0 Å². The Morgan fingerprint density at radius 1 is 1.17 bits per heavy atom. The van der Waals surface area contributed by atoms with Gasteiger partial charge in [-0.05, 0) is 19.1 Å². The summed E-state index contributed by atoms with van der Waals surface area (Å²) in [4.78, 5) is 10.3. The van der Waals surface area contributed by atoms with E-state index in [0.717, 1.165) is 21.2 Å². The van der Waals surface area contributed by atoms with Crippen molar-refractivity contribution in [1.82, 2.24) is 14.4 Å². The van der Waals surface area contributed by atoms with Gasteiger partial charge in [0.15, 0.2) is 4.96 Å². The third kappa shape index (κ3) is 1.41. The van der Waals surface area contributed by atoms with E-state index in [1.165, 1.54) is 10.4 Å². The number of imidazole rings is 1. The minimum Gasteiger partial charge on any atom is -0.294 e. The maximum Gasteiger partial charge on any atom is 0.194 e. The first-order valence-corrected chi connectivity index (χ1v) is 7.30. The lowest BCUT2D eigenvalue weighted by molar-refractivity contribution is 1.13. The minimum atomic E-state index is 0.964. The molecule has 0 aliphatic rings. The van der Waals surface area contributed by atoms with E-state index in [4.69, 9.17) is 0 Å². The van der Waals surface area contributed by atoms with Gasteiger partial charge in [-0.2, -0.15) is 0 Å². The van der Waals surface area contributed by atoms with Crippen LogP contribution in [0.3, 0.4) is 0 Å². The van der Waals surface area contributed by atoms with Crippen molar-refractivity contribution in [3.05, 3.63) is 41.5 Å². The van der Waals surface area contributed by atoms with Crippen molar-refractivity contribution in [2.45, 2.75) is 6.92 Å². The van der Waals surface area contributed by atoms with E-state index >= 15 is 0 Å². The standard InChI is InChI=1S/C13H9N3S2/c1-8-7-17-13-15-10(6-16(8)13)12-14-9-4-2-3-5-11(9)18-12/h2-7H,1H3. The number of benzene rings is 1. The molecule has 18 heavy (non-hydrogen) atoms. The highest BCUT2D eigenvalue weighted by Gasteiger charge is 2.11. The average molecular weight is 271 g/mol. The molecule has 0 bridgehead atoms. The number of thiazole rings is 2. The summed E-state index contributed by atoms with van der Waals surface area (Å²) in [5.74, 6) is 0. The van der Waals surface area contributed by atoms with Crippen LogP contribution in [0.5, 0.6) is 0 Å². The Hall–Kier alpha value is -1.72. The fourth-order valence-electron chi connectivity index (χ4n) is 1.98. The molecule has 0 atom stereocenters. The second-order valence-corrected chi connectivity index (χ2v) is 6.01. The molecule has 3 heterocycles. The zero-order valence-electron chi connectivity index (χ0n) is 9.62. The summed E-state index contributed by atoms with van der Waals surface area (Å²) in [6.07, 6.45) is 2.07. The second kappa shape index (κ2) is 3.63. The Labute approximate surface area is 111 Å². The molecule has 3 nitrogen and oxygen atoms in total. The zero-order valence-corrected chi connectivity index (χ0v) is 11.3. The van der Waals surface area contributed by atoms with Gasteiger partial charge in [-0.15, -0.1) is 22.7 Å². The fourth-order valence-corrected chi connectivity index (χ4v) is 3.75. The van der Waals surface area contributed by atoms with E-state index in [9.17, 15) is 0 Å². The first-order valence-electron chi connectivity index (χ1n) is 5.60. The van der Waals surface area contributed by atoms with Crippen LogP contribution in [0.4, 0.5) is 0 Å². The smallest absolute Gasteiger partial charge is 0.194 e. The molecule has 3 aromatic heterocycles. The number of fused-ring (bicyclic) bond motifs is 2. The number of hydrogen-bond donors (Lipinski definition) is 0. The van der Waals surface area contributed by atoms with Gasteiger partial charge in [0.2, 0.25) is 0 Å². The summed E-state index contributed by atoms with van der Waals surface area (Å²) < 4.78 is 3.33. The summed E-state index contributed by atoms with van der Waals surface area (Å²) in [6.45, 7) is 2.09. The Bertz CT molecular complexity index is 820. The normalized spacial score (nSPS) is 11.6. The van der Waals surface area contributed by atoms with Crippen molar-refractivity contribution in [3.8, 4) is 10.7 Å². The van der Waals surface area contributed by atoms with Crippen molar-refractivity contribution >= 4 is 37.9 Å². The van der Waals surface area contributed by atoms with E-state index in [1.807, 2.05) is 18.2 Å². The van der Waals surface area contributed by atoms with Crippen LogP contribution in [0, 0.1) is 6.92 Å². The number of para-hydroxylation sites is 1.